The molecule has 1 saturated heterocycles. The van der Waals surface area contributed by atoms with Crippen LogP contribution in [0.4, 0.5) is 0 Å². The fraction of sp³-hybridized carbons (Fsp3) is 0.440. The van der Waals surface area contributed by atoms with E-state index in [2.05, 4.69) is 39.8 Å². The molecule has 0 spiro atoms. The summed E-state index contributed by atoms with van der Waals surface area (Å²) in [4.78, 5) is 27.8. The highest BCUT2D eigenvalue weighted by Crippen LogP contribution is 2.14. The van der Waals surface area contributed by atoms with Crippen molar-refractivity contribution >= 4 is 11.8 Å². The van der Waals surface area contributed by atoms with E-state index in [9.17, 15) is 9.59 Å². The largest absolute Gasteiger partial charge is 0.350 e. The van der Waals surface area contributed by atoms with Crippen molar-refractivity contribution in [2.24, 2.45) is 5.92 Å². The van der Waals surface area contributed by atoms with Crippen LogP contribution in [0, 0.1) is 5.92 Å². The van der Waals surface area contributed by atoms with Crippen molar-refractivity contribution in [3.63, 3.8) is 0 Å². The summed E-state index contributed by atoms with van der Waals surface area (Å²) in [6, 6.07) is 19.6. The summed E-state index contributed by atoms with van der Waals surface area (Å²) in [5.41, 5.74) is 2.24. The van der Waals surface area contributed by atoms with Gasteiger partial charge in [0.25, 0.3) is 0 Å². The van der Waals surface area contributed by atoms with E-state index >= 15 is 0 Å². The zero-order chi connectivity index (χ0) is 21.3. The number of hydrogen-bond donors (Lipinski definition) is 2. The first kappa shape index (κ1) is 22.0. The summed E-state index contributed by atoms with van der Waals surface area (Å²) in [6.07, 6.45) is 2.32. The van der Waals surface area contributed by atoms with E-state index in [-0.39, 0.29) is 30.2 Å². The van der Waals surface area contributed by atoms with Gasteiger partial charge in [0.15, 0.2) is 0 Å². The quantitative estimate of drug-likeness (QED) is 0.707. The standard InChI is InChI=1S/C25H33N3O2/c1-19(2)24(27-23(29)16-20-10-5-3-6-11-20)25(30)26-22-14-9-15-28(18-22)17-21-12-7-4-8-13-21/h3-8,10-13,19,22,24H,9,14-18H2,1-2H3,(H,26,30)(H,27,29). The maximum Gasteiger partial charge on any atom is 0.243 e. The first-order valence-corrected chi connectivity index (χ1v) is 10.9. The van der Waals surface area contributed by atoms with Crippen LogP contribution in [0.3, 0.4) is 0 Å². The second-order valence-corrected chi connectivity index (χ2v) is 8.52. The Kier molecular flexibility index (Phi) is 8.03. The number of hydrogen-bond acceptors (Lipinski definition) is 3. The van der Waals surface area contributed by atoms with E-state index in [1.807, 2.05) is 50.2 Å². The SMILES string of the molecule is CC(C)C(NC(=O)Cc1ccccc1)C(=O)NC1CCCN(Cc2ccccc2)C1. The molecule has 2 aromatic carbocycles. The number of piperidine rings is 1. The first-order valence-electron chi connectivity index (χ1n) is 10.9. The Bertz CT molecular complexity index is 808. The van der Waals surface area contributed by atoms with Gasteiger partial charge in [-0.2, -0.15) is 0 Å². The zero-order valence-corrected chi connectivity index (χ0v) is 18.0. The molecule has 1 aliphatic heterocycles. The molecule has 1 aliphatic rings. The highest BCUT2D eigenvalue weighted by molar-refractivity contribution is 5.88. The lowest BCUT2D eigenvalue weighted by Crippen LogP contribution is -2.55. The van der Waals surface area contributed by atoms with Crippen molar-refractivity contribution in [2.75, 3.05) is 13.1 Å². The molecular formula is C25H33N3O2. The van der Waals surface area contributed by atoms with Crippen LogP contribution < -0.4 is 10.6 Å². The fourth-order valence-electron chi connectivity index (χ4n) is 3.99. The predicted molar refractivity (Wildman–Crippen MR) is 120 cm³/mol. The number of carbonyl (C=O) groups is 2. The van der Waals surface area contributed by atoms with Gasteiger partial charge in [-0.25, -0.2) is 0 Å². The predicted octanol–water partition coefficient (Wildman–Crippen LogP) is 3.15. The molecule has 0 saturated carbocycles. The van der Waals surface area contributed by atoms with Crippen LogP contribution in [-0.4, -0.2) is 41.9 Å². The van der Waals surface area contributed by atoms with Crippen molar-refractivity contribution < 1.29 is 9.59 Å². The lowest BCUT2D eigenvalue weighted by atomic mass is 10.00. The van der Waals surface area contributed by atoms with Crippen molar-refractivity contribution in [3.8, 4) is 0 Å². The monoisotopic (exact) mass is 407 g/mol. The van der Waals surface area contributed by atoms with Gasteiger partial charge in [0.1, 0.15) is 6.04 Å². The van der Waals surface area contributed by atoms with Crippen LogP contribution in [-0.2, 0) is 22.6 Å². The third kappa shape index (κ3) is 6.70. The molecule has 2 N–H and O–H groups in total. The Labute approximate surface area is 179 Å². The second-order valence-electron chi connectivity index (χ2n) is 8.52. The Morgan fingerprint density at radius 3 is 2.27 bits per heavy atom. The van der Waals surface area contributed by atoms with E-state index in [0.717, 1.165) is 38.0 Å². The molecular weight excluding hydrogens is 374 g/mol. The number of nitrogens with one attached hydrogen (secondary N) is 2. The minimum absolute atomic E-state index is 0.0220. The van der Waals surface area contributed by atoms with Crippen LogP contribution in [0.25, 0.3) is 0 Å². The molecule has 0 aliphatic carbocycles. The molecule has 2 unspecified atom stereocenters. The number of nitrogens with zero attached hydrogens (tertiary/aromatic N) is 1. The number of likely N-dealkylation sites (tertiary alicyclic amines) is 1. The smallest absolute Gasteiger partial charge is 0.243 e. The first-order chi connectivity index (χ1) is 14.5. The van der Waals surface area contributed by atoms with E-state index in [1.54, 1.807) is 0 Å². The summed E-state index contributed by atoms with van der Waals surface area (Å²) in [5, 5.41) is 6.13. The molecule has 30 heavy (non-hydrogen) atoms. The second kappa shape index (κ2) is 10.9. The van der Waals surface area contributed by atoms with Crippen molar-refractivity contribution in [3.05, 3.63) is 71.8 Å². The Hall–Kier alpha value is -2.66. The minimum Gasteiger partial charge on any atom is -0.350 e. The van der Waals surface area contributed by atoms with Gasteiger partial charge >= 0.3 is 0 Å². The molecule has 1 heterocycles. The molecule has 2 aromatic rings. The molecule has 2 atom stereocenters. The maximum atomic E-state index is 13.0. The van der Waals surface area contributed by atoms with Gasteiger partial charge in [-0.05, 0) is 36.4 Å². The lowest BCUT2D eigenvalue weighted by molar-refractivity contribution is -0.130. The summed E-state index contributed by atoms with van der Waals surface area (Å²) >= 11 is 0. The molecule has 0 aromatic heterocycles. The average Bonchev–Trinajstić information content (AvgIpc) is 2.73. The summed E-state index contributed by atoms with van der Waals surface area (Å²) in [7, 11) is 0. The summed E-state index contributed by atoms with van der Waals surface area (Å²) in [6.45, 7) is 6.71. The van der Waals surface area contributed by atoms with E-state index < -0.39 is 6.04 Å². The number of amides is 2. The van der Waals surface area contributed by atoms with Crippen LogP contribution in [0.5, 0.6) is 0 Å². The molecule has 160 valence electrons. The number of rotatable bonds is 8. The van der Waals surface area contributed by atoms with Crippen molar-refractivity contribution in [2.45, 2.75) is 51.7 Å². The van der Waals surface area contributed by atoms with Gasteiger partial charge in [-0.3, -0.25) is 14.5 Å². The Morgan fingerprint density at radius 2 is 1.63 bits per heavy atom. The highest BCUT2D eigenvalue weighted by atomic mass is 16.2. The number of carbonyl (C=O) groups excluding carboxylic acids is 2. The van der Waals surface area contributed by atoms with Gasteiger partial charge in [0, 0.05) is 19.1 Å². The fourth-order valence-corrected chi connectivity index (χ4v) is 3.99. The third-order valence-corrected chi connectivity index (χ3v) is 5.57. The van der Waals surface area contributed by atoms with Crippen LogP contribution >= 0.6 is 0 Å². The molecule has 3 rings (SSSR count). The molecule has 1 fully saturated rings. The lowest BCUT2D eigenvalue weighted by Gasteiger charge is -2.34. The maximum absolute atomic E-state index is 13.0. The Balaban J connectivity index is 1.53. The van der Waals surface area contributed by atoms with Crippen LogP contribution in [0.2, 0.25) is 0 Å². The van der Waals surface area contributed by atoms with E-state index in [4.69, 9.17) is 0 Å². The Morgan fingerprint density at radius 1 is 1.00 bits per heavy atom. The molecule has 5 nitrogen and oxygen atoms in total. The topological polar surface area (TPSA) is 61.4 Å². The van der Waals surface area contributed by atoms with Gasteiger partial charge in [0.2, 0.25) is 11.8 Å². The van der Waals surface area contributed by atoms with E-state index in [0.29, 0.717) is 0 Å². The molecule has 0 bridgehead atoms. The third-order valence-electron chi connectivity index (χ3n) is 5.57. The molecule has 0 radical (unpaired) electrons. The molecule has 5 heteroatoms. The summed E-state index contributed by atoms with van der Waals surface area (Å²) < 4.78 is 0. The van der Waals surface area contributed by atoms with Crippen molar-refractivity contribution in [1.29, 1.82) is 0 Å². The van der Waals surface area contributed by atoms with Crippen molar-refractivity contribution in [1.82, 2.24) is 15.5 Å². The number of benzene rings is 2. The average molecular weight is 408 g/mol. The molecule has 2 amide bonds. The van der Waals surface area contributed by atoms with Gasteiger partial charge in [-0.15, -0.1) is 0 Å². The van der Waals surface area contributed by atoms with Gasteiger partial charge < -0.3 is 10.6 Å². The van der Waals surface area contributed by atoms with Gasteiger partial charge in [0.05, 0.1) is 6.42 Å². The van der Waals surface area contributed by atoms with Crippen LogP contribution in [0.1, 0.15) is 37.8 Å². The normalized spacial score (nSPS) is 18.0. The zero-order valence-electron chi connectivity index (χ0n) is 18.0. The van der Waals surface area contributed by atoms with Crippen LogP contribution in [0.15, 0.2) is 60.7 Å². The highest BCUT2D eigenvalue weighted by Gasteiger charge is 2.28. The van der Waals surface area contributed by atoms with Gasteiger partial charge in [-0.1, -0.05) is 74.5 Å². The summed E-state index contributed by atoms with van der Waals surface area (Å²) in [5.74, 6) is -0.184. The minimum atomic E-state index is -0.522. The van der Waals surface area contributed by atoms with E-state index in [1.165, 1.54) is 5.56 Å².